The third-order valence-corrected chi connectivity index (χ3v) is 3.55. The van der Waals surface area contributed by atoms with E-state index in [2.05, 4.69) is 36.5 Å². The first kappa shape index (κ1) is 15.2. The number of aromatic nitrogens is 2. The van der Waals surface area contributed by atoms with Crippen LogP contribution in [-0.2, 0) is 0 Å². The molecule has 0 fully saturated rings. The lowest BCUT2D eigenvalue weighted by molar-refractivity contribution is 0.475. The van der Waals surface area contributed by atoms with Gasteiger partial charge in [-0.05, 0) is 64.5 Å². The Balaban J connectivity index is 1.81. The van der Waals surface area contributed by atoms with Crippen LogP contribution in [0.25, 0.3) is 0 Å². The van der Waals surface area contributed by atoms with Gasteiger partial charge in [0.15, 0.2) is 0 Å². The molecule has 3 aromatic rings. The van der Waals surface area contributed by atoms with Crippen LogP contribution in [0.3, 0.4) is 0 Å². The minimum atomic E-state index is -0.299. The van der Waals surface area contributed by atoms with Crippen molar-refractivity contribution in [3.8, 4) is 5.75 Å². The number of hydrogen-bond donors (Lipinski definition) is 3. The SMILES string of the molecule is Oc1ccc(Nc2ncc(Br)c(Nc3ccc(F)cc3)n2)cc1. The molecule has 116 valence electrons. The fourth-order valence-electron chi connectivity index (χ4n) is 1.86. The summed E-state index contributed by atoms with van der Waals surface area (Å²) in [5.74, 6) is 0.828. The third-order valence-electron chi connectivity index (χ3n) is 2.97. The lowest BCUT2D eigenvalue weighted by Gasteiger charge is -2.10. The van der Waals surface area contributed by atoms with Crippen molar-refractivity contribution < 1.29 is 9.50 Å². The van der Waals surface area contributed by atoms with E-state index in [9.17, 15) is 9.50 Å². The molecular formula is C16H12BrFN4O. The van der Waals surface area contributed by atoms with Gasteiger partial charge in [-0.15, -0.1) is 0 Å². The number of aromatic hydroxyl groups is 1. The monoisotopic (exact) mass is 374 g/mol. The maximum Gasteiger partial charge on any atom is 0.229 e. The summed E-state index contributed by atoms with van der Waals surface area (Å²) in [7, 11) is 0. The summed E-state index contributed by atoms with van der Waals surface area (Å²) < 4.78 is 13.6. The molecule has 7 heteroatoms. The number of nitrogens with one attached hydrogen (secondary N) is 2. The number of hydrogen-bond acceptors (Lipinski definition) is 5. The highest BCUT2D eigenvalue weighted by atomic mass is 79.9. The first-order chi connectivity index (χ1) is 11.1. The molecule has 1 heterocycles. The van der Waals surface area contributed by atoms with Crippen molar-refractivity contribution >= 4 is 39.1 Å². The van der Waals surface area contributed by atoms with E-state index in [0.717, 1.165) is 5.69 Å². The Morgan fingerprint density at radius 1 is 0.913 bits per heavy atom. The molecule has 1 aromatic heterocycles. The van der Waals surface area contributed by atoms with Crippen molar-refractivity contribution in [1.82, 2.24) is 9.97 Å². The van der Waals surface area contributed by atoms with E-state index in [-0.39, 0.29) is 11.6 Å². The second-order valence-electron chi connectivity index (χ2n) is 4.69. The van der Waals surface area contributed by atoms with Crippen molar-refractivity contribution in [2.24, 2.45) is 0 Å². The standard InChI is InChI=1S/C16H12BrFN4O/c17-14-9-19-16(21-12-5-7-13(23)8-6-12)22-15(14)20-11-3-1-10(18)2-4-11/h1-9,23H,(H2,19,20,21,22). The van der Waals surface area contributed by atoms with Crippen LogP contribution in [0.2, 0.25) is 0 Å². The van der Waals surface area contributed by atoms with E-state index in [0.29, 0.717) is 21.9 Å². The van der Waals surface area contributed by atoms with Gasteiger partial charge in [0.25, 0.3) is 0 Å². The zero-order valence-electron chi connectivity index (χ0n) is 11.8. The normalized spacial score (nSPS) is 10.3. The molecule has 0 spiro atoms. The van der Waals surface area contributed by atoms with Crippen LogP contribution in [0.4, 0.5) is 27.5 Å². The van der Waals surface area contributed by atoms with E-state index in [1.807, 2.05) is 0 Å². The van der Waals surface area contributed by atoms with Gasteiger partial charge in [0.2, 0.25) is 5.95 Å². The second-order valence-corrected chi connectivity index (χ2v) is 5.55. The highest BCUT2D eigenvalue weighted by Crippen LogP contribution is 2.25. The van der Waals surface area contributed by atoms with Gasteiger partial charge < -0.3 is 15.7 Å². The van der Waals surface area contributed by atoms with Gasteiger partial charge in [-0.1, -0.05) is 0 Å². The van der Waals surface area contributed by atoms with Gasteiger partial charge in [-0.25, -0.2) is 9.37 Å². The van der Waals surface area contributed by atoms with Crippen molar-refractivity contribution in [3.05, 3.63) is 65.0 Å². The van der Waals surface area contributed by atoms with Crippen molar-refractivity contribution in [2.45, 2.75) is 0 Å². The Labute approximate surface area is 140 Å². The quantitative estimate of drug-likeness (QED) is 0.583. The minimum absolute atomic E-state index is 0.186. The first-order valence-electron chi connectivity index (χ1n) is 6.71. The maximum atomic E-state index is 12.9. The molecule has 0 radical (unpaired) electrons. The maximum absolute atomic E-state index is 12.9. The Morgan fingerprint density at radius 2 is 1.52 bits per heavy atom. The predicted octanol–water partition coefficient (Wildman–Crippen LogP) is 4.57. The van der Waals surface area contributed by atoms with Crippen LogP contribution in [0.5, 0.6) is 5.75 Å². The molecule has 0 aliphatic rings. The Kier molecular flexibility index (Phi) is 4.38. The lowest BCUT2D eigenvalue weighted by Crippen LogP contribution is -2.01. The van der Waals surface area contributed by atoms with Crippen LogP contribution in [-0.4, -0.2) is 15.1 Å². The average molecular weight is 375 g/mol. The largest absolute Gasteiger partial charge is 0.508 e. The summed E-state index contributed by atoms with van der Waals surface area (Å²) in [6.07, 6.45) is 1.61. The average Bonchev–Trinajstić information content (AvgIpc) is 2.55. The zero-order valence-corrected chi connectivity index (χ0v) is 13.4. The van der Waals surface area contributed by atoms with Crippen LogP contribution in [0.15, 0.2) is 59.2 Å². The summed E-state index contributed by atoms with van der Waals surface area (Å²) in [5, 5.41) is 15.4. The molecule has 0 amide bonds. The fraction of sp³-hybridized carbons (Fsp3) is 0. The van der Waals surface area contributed by atoms with Crippen molar-refractivity contribution in [3.63, 3.8) is 0 Å². The molecular weight excluding hydrogens is 363 g/mol. The highest BCUT2D eigenvalue weighted by molar-refractivity contribution is 9.10. The number of nitrogens with zero attached hydrogens (tertiary/aromatic N) is 2. The summed E-state index contributed by atoms with van der Waals surface area (Å²) in [6.45, 7) is 0. The molecule has 3 rings (SSSR count). The molecule has 3 N–H and O–H groups in total. The zero-order chi connectivity index (χ0) is 16.2. The number of rotatable bonds is 4. The lowest BCUT2D eigenvalue weighted by atomic mass is 10.3. The first-order valence-corrected chi connectivity index (χ1v) is 7.50. The van der Waals surface area contributed by atoms with Gasteiger partial charge in [-0.3, -0.25) is 0 Å². The predicted molar refractivity (Wildman–Crippen MR) is 90.8 cm³/mol. The summed E-state index contributed by atoms with van der Waals surface area (Å²) in [5.41, 5.74) is 1.46. The molecule has 0 aliphatic carbocycles. The number of phenolic OH excluding ortho intramolecular Hbond substituents is 1. The second kappa shape index (κ2) is 6.62. The minimum Gasteiger partial charge on any atom is -0.508 e. The smallest absolute Gasteiger partial charge is 0.229 e. The fourth-order valence-corrected chi connectivity index (χ4v) is 2.15. The van der Waals surface area contributed by atoms with Crippen molar-refractivity contribution in [2.75, 3.05) is 10.6 Å². The van der Waals surface area contributed by atoms with Crippen LogP contribution in [0.1, 0.15) is 0 Å². The molecule has 0 atom stereocenters. The molecule has 0 unspecified atom stereocenters. The van der Waals surface area contributed by atoms with Crippen LogP contribution >= 0.6 is 15.9 Å². The molecule has 0 saturated heterocycles. The van der Waals surface area contributed by atoms with Gasteiger partial charge >= 0.3 is 0 Å². The number of halogens is 2. The van der Waals surface area contributed by atoms with E-state index in [4.69, 9.17) is 0 Å². The van der Waals surface area contributed by atoms with Crippen LogP contribution in [0, 0.1) is 5.82 Å². The molecule has 0 bridgehead atoms. The molecule has 5 nitrogen and oxygen atoms in total. The van der Waals surface area contributed by atoms with Gasteiger partial charge in [0.05, 0.1) is 4.47 Å². The molecule has 0 saturated carbocycles. The highest BCUT2D eigenvalue weighted by Gasteiger charge is 2.06. The van der Waals surface area contributed by atoms with E-state index >= 15 is 0 Å². The van der Waals surface area contributed by atoms with Gasteiger partial charge in [0, 0.05) is 17.6 Å². The van der Waals surface area contributed by atoms with Crippen LogP contribution < -0.4 is 10.6 Å². The Bertz CT molecular complexity index is 809. The van der Waals surface area contributed by atoms with E-state index in [1.165, 1.54) is 12.1 Å². The number of benzene rings is 2. The Morgan fingerprint density at radius 3 is 2.22 bits per heavy atom. The Hall–Kier alpha value is -2.67. The molecule has 0 aliphatic heterocycles. The number of anilines is 4. The summed E-state index contributed by atoms with van der Waals surface area (Å²) in [6, 6.07) is 12.5. The molecule has 2 aromatic carbocycles. The van der Waals surface area contributed by atoms with E-state index in [1.54, 1.807) is 42.6 Å². The third kappa shape index (κ3) is 3.95. The van der Waals surface area contributed by atoms with Gasteiger partial charge in [-0.2, -0.15) is 4.98 Å². The molecule has 23 heavy (non-hydrogen) atoms. The summed E-state index contributed by atoms with van der Waals surface area (Å²) >= 11 is 3.37. The summed E-state index contributed by atoms with van der Waals surface area (Å²) in [4.78, 5) is 8.55. The van der Waals surface area contributed by atoms with Gasteiger partial charge in [0.1, 0.15) is 17.4 Å². The topological polar surface area (TPSA) is 70.1 Å². The van der Waals surface area contributed by atoms with Crippen molar-refractivity contribution in [1.29, 1.82) is 0 Å². The van der Waals surface area contributed by atoms with E-state index < -0.39 is 0 Å². The number of phenols is 1.